The van der Waals surface area contributed by atoms with Crippen molar-refractivity contribution in [2.45, 2.75) is 58.7 Å². The van der Waals surface area contributed by atoms with E-state index < -0.39 is 5.60 Å². The fourth-order valence-electron chi connectivity index (χ4n) is 1.48. The number of nitrogens with one attached hydrogen (secondary N) is 1. The summed E-state index contributed by atoms with van der Waals surface area (Å²) in [6.45, 7) is 11.8. The van der Waals surface area contributed by atoms with E-state index in [0.29, 0.717) is 25.2 Å². The summed E-state index contributed by atoms with van der Waals surface area (Å²) in [5.41, 5.74) is -0.650. The van der Waals surface area contributed by atoms with Gasteiger partial charge in [0.25, 0.3) is 0 Å². The molecular formula is C12H28N2O. The molecule has 0 radical (unpaired) electrons. The zero-order chi connectivity index (χ0) is 12.1. The fourth-order valence-corrected chi connectivity index (χ4v) is 1.48. The Kier molecular flexibility index (Phi) is 6.41. The number of aliphatic hydroxyl groups is 1. The first-order valence-electron chi connectivity index (χ1n) is 5.94. The highest BCUT2D eigenvalue weighted by Gasteiger charge is 2.23. The highest BCUT2D eigenvalue weighted by atomic mass is 16.3. The lowest BCUT2D eigenvalue weighted by atomic mass is 10.0. The first kappa shape index (κ1) is 14.9. The molecule has 0 rings (SSSR count). The number of likely N-dealkylation sites (N-methyl/N-ethyl adjacent to an activating group) is 1. The zero-order valence-electron chi connectivity index (χ0n) is 11.2. The van der Waals surface area contributed by atoms with Gasteiger partial charge in [0.2, 0.25) is 0 Å². The summed E-state index contributed by atoms with van der Waals surface area (Å²) >= 11 is 0. The van der Waals surface area contributed by atoms with Crippen LogP contribution in [0.25, 0.3) is 0 Å². The van der Waals surface area contributed by atoms with Crippen LogP contribution in [0.2, 0.25) is 0 Å². The molecule has 0 aliphatic carbocycles. The van der Waals surface area contributed by atoms with Gasteiger partial charge in [-0.05, 0) is 27.3 Å². The molecule has 2 atom stereocenters. The monoisotopic (exact) mass is 216 g/mol. The smallest absolute Gasteiger partial charge is 0.0869 e. The van der Waals surface area contributed by atoms with Gasteiger partial charge in [-0.25, -0.2) is 0 Å². The van der Waals surface area contributed by atoms with E-state index >= 15 is 0 Å². The summed E-state index contributed by atoms with van der Waals surface area (Å²) in [4.78, 5) is 2.21. The van der Waals surface area contributed by atoms with Crippen molar-refractivity contribution in [3.8, 4) is 0 Å². The molecule has 3 heteroatoms. The van der Waals surface area contributed by atoms with Crippen molar-refractivity contribution in [2.75, 3.05) is 20.1 Å². The Bertz CT molecular complexity index is 169. The van der Waals surface area contributed by atoms with Gasteiger partial charge in [-0.2, -0.15) is 0 Å². The summed E-state index contributed by atoms with van der Waals surface area (Å²) in [5, 5.41) is 13.4. The standard InChI is InChI=1S/C12H28N2O/c1-7-11(4)14(6)9-12(5,15)8-13-10(2)3/h10-11,13,15H,7-9H2,1-6H3. The van der Waals surface area contributed by atoms with E-state index in [9.17, 15) is 5.11 Å². The highest BCUT2D eigenvalue weighted by molar-refractivity contribution is 4.81. The minimum Gasteiger partial charge on any atom is -0.388 e. The van der Waals surface area contributed by atoms with Crippen LogP contribution in [0.3, 0.4) is 0 Å². The quantitative estimate of drug-likeness (QED) is 0.676. The van der Waals surface area contributed by atoms with Crippen molar-refractivity contribution in [1.82, 2.24) is 10.2 Å². The lowest BCUT2D eigenvalue weighted by molar-refractivity contribution is 0.0160. The van der Waals surface area contributed by atoms with E-state index in [1.54, 1.807) is 0 Å². The van der Waals surface area contributed by atoms with Crippen molar-refractivity contribution in [1.29, 1.82) is 0 Å². The van der Waals surface area contributed by atoms with Gasteiger partial charge in [-0.3, -0.25) is 0 Å². The fraction of sp³-hybridized carbons (Fsp3) is 1.00. The first-order chi connectivity index (χ1) is 6.78. The molecule has 0 aromatic carbocycles. The van der Waals surface area contributed by atoms with E-state index in [2.05, 4.69) is 45.0 Å². The second-order valence-corrected chi connectivity index (χ2v) is 5.20. The third kappa shape index (κ3) is 6.88. The third-order valence-electron chi connectivity index (χ3n) is 2.82. The first-order valence-corrected chi connectivity index (χ1v) is 5.94. The van der Waals surface area contributed by atoms with Gasteiger partial charge >= 0.3 is 0 Å². The van der Waals surface area contributed by atoms with Crippen LogP contribution in [0, 0.1) is 0 Å². The van der Waals surface area contributed by atoms with E-state index in [1.807, 2.05) is 6.92 Å². The molecule has 0 aliphatic rings. The van der Waals surface area contributed by atoms with E-state index in [4.69, 9.17) is 0 Å². The summed E-state index contributed by atoms with van der Waals surface area (Å²) in [6.07, 6.45) is 1.12. The minimum absolute atomic E-state index is 0.422. The second kappa shape index (κ2) is 6.46. The molecule has 0 fully saturated rings. The van der Waals surface area contributed by atoms with Crippen molar-refractivity contribution in [3.05, 3.63) is 0 Å². The number of nitrogens with zero attached hydrogens (tertiary/aromatic N) is 1. The Morgan fingerprint density at radius 2 is 1.87 bits per heavy atom. The Hall–Kier alpha value is -0.120. The lowest BCUT2D eigenvalue weighted by Crippen LogP contribution is -2.49. The predicted molar refractivity (Wildman–Crippen MR) is 66.1 cm³/mol. The maximum Gasteiger partial charge on any atom is 0.0869 e. The van der Waals surface area contributed by atoms with Crippen molar-refractivity contribution in [2.24, 2.45) is 0 Å². The van der Waals surface area contributed by atoms with Crippen molar-refractivity contribution >= 4 is 0 Å². The van der Waals surface area contributed by atoms with Crippen LogP contribution >= 0.6 is 0 Å². The molecule has 2 N–H and O–H groups in total. The SMILES string of the molecule is CCC(C)N(C)CC(C)(O)CNC(C)C. The van der Waals surface area contributed by atoms with Gasteiger partial charge in [-0.15, -0.1) is 0 Å². The summed E-state index contributed by atoms with van der Waals surface area (Å²) in [6, 6.07) is 0.945. The van der Waals surface area contributed by atoms with Crippen LogP contribution in [-0.2, 0) is 0 Å². The lowest BCUT2D eigenvalue weighted by Gasteiger charge is -2.33. The van der Waals surface area contributed by atoms with Gasteiger partial charge in [0.1, 0.15) is 0 Å². The van der Waals surface area contributed by atoms with Crippen LogP contribution in [-0.4, -0.2) is 47.8 Å². The summed E-state index contributed by atoms with van der Waals surface area (Å²) in [5.74, 6) is 0. The highest BCUT2D eigenvalue weighted by Crippen LogP contribution is 2.08. The molecule has 0 saturated carbocycles. The average molecular weight is 216 g/mol. The van der Waals surface area contributed by atoms with Gasteiger partial charge in [0, 0.05) is 25.2 Å². The van der Waals surface area contributed by atoms with Crippen molar-refractivity contribution < 1.29 is 5.11 Å². The molecule has 15 heavy (non-hydrogen) atoms. The van der Waals surface area contributed by atoms with E-state index in [-0.39, 0.29) is 0 Å². The molecule has 0 saturated heterocycles. The van der Waals surface area contributed by atoms with Crippen LogP contribution in [0.5, 0.6) is 0 Å². The average Bonchev–Trinajstić information content (AvgIpc) is 2.13. The Labute approximate surface area is 94.9 Å². The van der Waals surface area contributed by atoms with Crippen molar-refractivity contribution in [3.63, 3.8) is 0 Å². The number of hydrogen-bond donors (Lipinski definition) is 2. The molecular weight excluding hydrogens is 188 g/mol. The minimum atomic E-state index is -0.650. The molecule has 3 nitrogen and oxygen atoms in total. The largest absolute Gasteiger partial charge is 0.388 e. The third-order valence-corrected chi connectivity index (χ3v) is 2.82. The molecule has 0 amide bonds. The van der Waals surface area contributed by atoms with Crippen LogP contribution in [0.4, 0.5) is 0 Å². The molecule has 0 spiro atoms. The molecule has 0 heterocycles. The van der Waals surface area contributed by atoms with E-state index in [0.717, 1.165) is 6.42 Å². The summed E-state index contributed by atoms with van der Waals surface area (Å²) < 4.78 is 0. The van der Waals surface area contributed by atoms with Gasteiger partial charge in [-0.1, -0.05) is 20.8 Å². The van der Waals surface area contributed by atoms with Crippen LogP contribution < -0.4 is 5.32 Å². The zero-order valence-corrected chi connectivity index (χ0v) is 11.2. The molecule has 92 valence electrons. The van der Waals surface area contributed by atoms with Crippen LogP contribution in [0.15, 0.2) is 0 Å². The maximum absolute atomic E-state index is 10.2. The Morgan fingerprint density at radius 1 is 1.33 bits per heavy atom. The predicted octanol–water partition coefficient (Wildman–Crippen LogP) is 1.47. The number of hydrogen-bond acceptors (Lipinski definition) is 3. The Morgan fingerprint density at radius 3 is 2.27 bits per heavy atom. The van der Waals surface area contributed by atoms with Gasteiger partial charge in [0.15, 0.2) is 0 Å². The molecule has 0 aromatic rings. The molecule has 0 bridgehead atoms. The maximum atomic E-state index is 10.2. The van der Waals surface area contributed by atoms with E-state index in [1.165, 1.54) is 0 Å². The number of rotatable bonds is 7. The molecule has 0 aromatic heterocycles. The van der Waals surface area contributed by atoms with Crippen LogP contribution in [0.1, 0.15) is 41.0 Å². The molecule has 2 unspecified atom stereocenters. The van der Waals surface area contributed by atoms with Gasteiger partial charge < -0.3 is 15.3 Å². The molecule has 0 aliphatic heterocycles. The normalized spacial score (nSPS) is 18.2. The topological polar surface area (TPSA) is 35.5 Å². The Balaban J connectivity index is 4.00. The second-order valence-electron chi connectivity index (χ2n) is 5.20. The summed E-state index contributed by atoms with van der Waals surface area (Å²) in [7, 11) is 2.07. The van der Waals surface area contributed by atoms with Gasteiger partial charge in [0.05, 0.1) is 5.60 Å².